The Morgan fingerprint density at radius 3 is 2.50 bits per heavy atom. The number of aromatic nitrogens is 2. The first-order valence-electron chi connectivity index (χ1n) is 4.80. The molecule has 0 amide bonds. The van der Waals surface area contributed by atoms with Crippen molar-refractivity contribution in [3.63, 3.8) is 0 Å². The van der Waals surface area contributed by atoms with Crippen molar-refractivity contribution in [1.82, 2.24) is 9.78 Å². The number of hydrogen-bond acceptors (Lipinski definition) is 2. The van der Waals surface area contributed by atoms with Crippen LogP contribution in [0.1, 0.15) is 16.2 Å². The van der Waals surface area contributed by atoms with E-state index in [1.165, 1.54) is 12.1 Å². The molecule has 2 rings (SSSR count). The summed E-state index contributed by atoms with van der Waals surface area (Å²) < 4.78 is 51.6. The summed E-state index contributed by atoms with van der Waals surface area (Å²) in [7, 11) is 0. The molecular formula is C11H6F4N2O. The van der Waals surface area contributed by atoms with Crippen molar-refractivity contribution in [2.45, 2.75) is 6.18 Å². The van der Waals surface area contributed by atoms with Gasteiger partial charge in [0.1, 0.15) is 17.2 Å². The molecule has 0 radical (unpaired) electrons. The van der Waals surface area contributed by atoms with Gasteiger partial charge in [0.15, 0.2) is 6.29 Å². The Bertz CT molecular complexity index is 589. The third kappa shape index (κ3) is 2.24. The van der Waals surface area contributed by atoms with E-state index >= 15 is 0 Å². The molecule has 0 aliphatic rings. The Morgan fingerprint density at radius 2 is 1.94 bits per heavy atom. The highest BCUT2D eigenvalue weighted by Gasteiger charge is 2.36. The molecule has 0 N–H and O–H groups in total. The van der Waals surface area contributed by atoms with E-state index in [9.17, 15) is 22.4 Å². The average Bonchev–Trinajstić information content (AvgIpc) is 2.72. The van der Waals surface area contributed by atoms with Crippen LogP contribution >= 0.6 is 0 Å². The van der Waals surface area contributed by atoms with Crippen molar-refractivity contribution in [2.75, 3.05) is 0 Å². The maximum atomic E-state index is 13.0. The summed E-state index contributed by atoms with van der Waals surface area (Å²) in [5, 5.41) is 3.47. The Kier molecular flexibility index (Phi) is 2.90. The highest BCUT2D eigenvalue weighted by atomic mass is 19.4. The third-order valence-corrected chi connectivity index (χ3v) is 2.19. The molecule has 0 fully saturated rings. The molecular weight excluding hydrogens is 252 g/mol. The first kappa shape index (κ1) is 12.3. The predicted octanol–water partition coefficient (Wildman–Crippen LogP) is 2.84. The molecule has 0 aliphatic carbocycles. The second-order valence-electron chi connectivity index (χ2n) is 3.46. The number of carbonyl (C=O) groups excluding carboxylic acids is 1. The first-order valence-corrected chi connectivity index (χ1v) is 4.80. The summed E-state index contributed by atoms with van der Waals surface area (Å²) in [6.45, 7) is 0. The van der Waals surface area contributed by atoms with Gasteiger partial charge in [0.2, 0.25) is 0 Å². The van der Waals surface area contributed by atoms with Gasteiger partial charge in [-0.2, -0.15) is 18.3 Å². The summed E-state index contributed by atoms with van der Waals surface area (Å²) in [5.41, 5.74) is -1.60. The van der Waals surface area contributed by atoms with Crippen molar-refractivity contribution < 1.29 is 22.4 Å². The minimum atomic E-state index is -4.68. The van der Waals surface area contributed by atoms with Crippen LogP contribution in [-0.2, 0) is 6.18 Å². The van der Waals surface area contributed by atoms with E-state index in [1.807, 2.05) is 0 Å². The number of benzene rings is 1. The molecule has 0 bridgehead atoms. The van der Waals surface area contributed by atoms with E-state index in [0.717, 1.165) is 12.1 Å². The lowest BCUT2D eigenvalue weighted by Crippen LogP contribution is -2.13. The lowest BCUT2D eigenvalue weighted by atomic mass is 10.3. The fourth-order valence-electron chi connectivity index (χ4n) is 1.46. The summed E-state index contributed by atoms with van der Waals surface area (Å²) in [6, 6.07) is 5.13. The van der Waals surface area contributed by atoms with Gasteiger partial charge in [-0.3, -0.25) is 4.79 Å². The molecule has 0 spiro atoms. The van der Waals surface area contributed by atoms with Gasteiger partial charge < -0.3 is 0 Å². The van der Waals surface area contributed by atoms with Crippen molar-refractivity contribution in [1.29, 1.82) is 0 Å². The number of alkyl halides is 3. The quantitative estimate of drug-likeness (QED) is 0.613. The van der Waals surface area contributed by atoms with E-state index in [-0.39, 0.29) is 17.7 Å². The van der Waals surface area contributed by atoms with Crippen molar-refractivity contribution >= 4 is 6.29 Å². The van der Waals surface area contributed by atoms with Crippen LogP contribution in [0.5, 0.6) is 0 Å². The van der Waals surface area contributed by atoms with Crippen molar-refractivity contribution in [3.8, 4) is 5.69 Å². The predicted molar refractivity (Wildman–Crippen MR) is 53.9 cm³/mol. The zero-order chi connectivity index (χ0) is 13.3. The molecule has 0 saturated carbocycles. The average molecular weight is 258 g/mol. The molecule has 0 aliphatic heterocycles. The van der Waals surface area contributed by atoms with Gasteiger partial charge in [0, 0.05) is 0 Å². The molecule has 18 heavy (non-hydrogen) atoms. The van der Waals surface area contributed by atoms with Crippen LogP contribution in [0, 0.1) is 5.82 Å². The van der Waals surface area contributed by atoms with E-state index in [4.69, 9.17) is 0 Å². The van der Waals surface area contributed by atoms with Crippen molar-refractivity contribution in [3.05, 3.63) is 47.5 Å². The normalized spacial score (nSPS) is 11.6. The molecule has 94 valence electrons. The minimum Gasteiger partial charge on any atom is -0.296 e. The Labute approximate surface area is 98.6 Å². The molecule has 3 nitrogen and oxygen atoms in total. The summed E-state index contributed by atoms with van der Waals surface area (Å²) in [5.74, 6) is -0.691. The number of hydrogen-bond donors (Lipinski definition) is 0. The molecule has 2 aromatic rings. The van der Waals surface area contributed by atoms with E-state index in [2.05, 4.69) is 5.10 Å². The van der Waals surface area contributed by atoms with E-state index < -0.39 is 17.7 Å². The minimum absolute atomic E-state index is 0.101. The fourth-order valence-corrected chi connectivity index (χ4v) is 1.46. The van der Waals surface area contributed by atoms with Gasteiger partial charge in [0.05, 0.1) is 5.69 Å². The molecule has 1 heterocycles. The molecule has 0 atom stereocenters. The van der Waals surface area contributed by atoms with Crippen LogP contribution < -0.4 is 0 Å². The monoisotopic (exact) mass is 258 g/mol. The van der Waals surface area contributed by atoms with Crippen LogP contribution in [0.3, 0.4) is 0 Å². The maximum absolute atomic E-state index is 13.0. The molecule has 0 saturated heterocycles. The van der Waals surface area contributed by atoms with Crippen LogP contribution in [0.2, 0.25) is 0 Å². The smallest absolute Gasteiger partial charge is 0.296 e. The second-order valence-corrected chi connectivity index (χ2v) is 3.46. The Morgan fingerprint density at radius 1 is 1.22 bits per heavy atom. The number of nitrogens with zero attached hydrogens (tertiary/aromatic N) is 2. The van der Waals surface area contributed by atoms with Crippen LogP contribution in [0.15, 0.2) is 30.3 Å². The number of rotatable bonds is 2. The number of halogens is 4. The van der Waals surface area contributed by atoms with Crippen molar-refractivity contribution in [2.24, 2.45) is 0 Å². The Hall–Kier alpha value is -2.18. The van der Waals surface area contributed by atoms with Gasteiger partial charge in [-0.1, -0.05) is 6.07 Å². The zero-order valence-corrected chi connectivity index (χ0v) is 8.78. The largest absolute Gasteiger partial charge is 0.433 e. The van der Waals surface area contributed by atoms with Gasteiger partial charge in [-0.25, -0.2) is 9.07 Å². The molecule has 1 aromatic heterocycles. The highest BCUT2D eigenvalue weighted by Crippen LogP contribution is 2.31. The second kappa shape index (κ2) is 4.25. The summed E-state index contributed by atoms with van der Waals surface area (Å²) in [6.07, 6.45) is -4.48. The van der Waals surface area contributed by atoms with Gasteiger partial charge in [-0.15, -0.1) is 0 Å². The number of aldehydes is 1. The Balaban J connectivity index is 2.63. The van der Waals surface area contributed by atoms with E-state index in [0.29, 0.717) is 10.7 Å². The molecule has 1 aromatic carbocycles. The van der Waals surface area contributed by atoms with Crippen LogP contribution in [-0.4, -0.2) is 16.1 Å². The molecule has 0 unspecified atom stereocenters. The van der Waals surface area contributed by atoms with E-state index in [1.54, 1.807) is 0 Å². The lowest BCUT2D eigenvalue weighted by Gasteiger charge is -2.09. The van der Waals surface area contributed by atoms with Crippen LogP contribution in [0.25, 0.3) is 5.69 Å². The SMILES string of the molecule is O=Cc1cc(C(F)(F)F)n(-c2cccc(F)c2)n1. The standard InChI is InChI=1S/C11H6F4N2O/c12-7-2-1-3-9(4-7)17-10(11(13,14)15)5-8(6-18)16-17/h1-6H. The fraction of sp³-hybridized carbons (Fsp3) is 0.0909. The summed E-state index contributed by atoms with van der Waals surface area (Å²) in [4.78, 5) is 10.5. The lowest BCUT2D eigenvalue weighted by molar-refractivity contribution is -0.142. The maximum Gasteiger partial charge on any atom is 0.433 e. The summed E-state index contributed by atoms with van der Waals surface area (Å²) >= 11 is 0. The van der Waals surface area contributed by atoms with Gasteiger partial charge in [0.25, 0.3) is 0 Å². The first-order chi connectivity index (χ1) is 8.41. The number of carbonyl (C=O) groups is 1. The van der Waals surface area contributed by atoms with Crippen LogP contribution in [0.4, 0.5) is 17.6 Å². The highest BCUT2D eigenvalue weighted by molar-refractivity contribution is 5.72. The zero-order valence-electron chi connectivity index (χ0n) is 8.78. The third-order valence-electron chi connectivity index (χ3n) is 2.19. The van der Waals surface area contributed by atoms with Gasteiger partial charge in [-0.05, 0) is 24.3 Å². The molecule has 7 heteroatoms. The topological polar surface area (TPSA) is 34.9 Å². The van der Waals surface area contributed by atoms with Gasteiger partial charge >= 0.3 is 6.18 Å².